The minimum Gasteiger partial charge on any atom is -0.383 e. The molecule has 0 spiro atoms. The van der Waals surface area contributed by atoms with E-state index < -0.39 is 0 Å². The van der Waals surface area contributed by atoms with Crippen molar-refractivity contribution >= 4 is 40.3 Å². The second kappa shape index (κ2) is 11.5. The summed E-state index contributed by atoms with van der Waals surface area (Å²) in [5.41, 5.74) is 5.35. The van der Waals surface area contributed by atoms with Gasteiger partial charge in [-0.15, -0.1) is 11.3 Å². The molecule has 33 heavy (non-hydrogen) atoms. The second-order valence-corrected chi connectivity index (χ2v) is 10.0. The van der Waals surface area contributed by atoms with Gasteiger partial charge >= 0.3 is 0 Å². The Balaban J connectivity index is 1.71. The average molecular weight is 503 g/mol. The van der Waals surface area contributed by atoms with Crippen LogP contribution in [0.1, 0.15) is 56.1 Å². The average Bonchev–Trinajstić information content (AvgIpc) is 3.24. The lowest BCUT2D eigenvalue weighted by atomic mass is 9.84. The first-order valence-corrected chi connectivity index (χ1v) is 13.0. The van der Waals surface area contributed by atoms with Crippen molar-refractivity contribution in [2.24, 2.45) is 10.1 Å². The molecule has 0 aliphatic heterocycles. The lowest BCUT2D eigenvalue weighted by Crippen LogP contribution is -2.15. The summed E-state index contributed by atoms with van der Waals surface area (Å²) in [4.78, 5) is 5.55. The summed E-state index contributed by atoms with van der Waals surface area (Å²) >= 11 is 13.9. The van der Waals surface area contributed by atoms with E-state index in [-0.39, 0.29) is 0 Å². The Kier molecular flexibility index (Phi) is 8.42. The maximum atomic E-state index is 6.24. The van der Waals surface area contributed by atoms with Crippen LogP contribution in [0.25, 0.3) is 11.3 Å². The number of halogens is 2. The first-order chi connectivity index (χ1) is 16.1. The zero-order valence-electron chi connectivity index (χ0n) is 19.1. The molecule has 1 heterocycles. The smallest absolute Gasteiger partial charge is 0.206 e. The number of hydrogen-bond donors (Lipinski definition) is 0. The molecule has 0 saturated heterocycles. The third kappa shape index (κ3) is 5.96. The Morgan fingerprint density at radius 3 is 2.52 bits per heavy atom. The molecule has 0 unspecified atom stereocenters. The Morgan fingerprint density at radius 2 is 1.82 bits per heavy atom. The SMILES string of the molecule is COCCN=c1scc(-c2ccc(C3CCCCC3)cc2)n1/N=C(\C)c1ccc(Cl)c(Cl)c1. The molecule has 2 aromatic carbocycles. The quantitative estimate of drug-likeness (QED) is 0.245. The molecule has 0 amide bonds. The van der Waals surface area contributed by atoms with Crippen LogP contribution in [0.15, 0.2) is 57.9 Å². The number of hydrogen-bond acceptors (Lipinski definition) is 4. The van der Waals surface area contributed by atoms with Gasteiger partial charge in [-0.1, -0.05) is 72.8 Å². The minimum atomic E-state index is 0.516. The van der Waals surface area contributed by atoms with Crippen LogP contribution in [-0.2, 0) is 4.74 Å². The van der Waals surface area contributed by atoms with Gasteiger partial charge in [0, 0.05) is 18.1 Å². The Hall–Kier alpha value is -1.92. The number of thiazole rings is 1. The summed E-state index contributed by atoms with van der Waals surface area (Å²) in [6.45, 7) is 3.12. The molecule has 4 rings (SSSR count). The first-order valence-electron chi connectivity index (χ1n) is 11.4. The van der Waals surface area contributed by atoms with Gasteiger partial charge in [0.1, 0.15) is 0 Å². The minimum absolute atomic E-state index is 0.516. The zero-order valence-corrected chi connectivity index (χ0v) is 21.4. The molecule has 1 aliphatic carbocycles. The topological polar surface area (TPSA) is 38.9 Å². The third-order valence-electron chi connectivity index (χ3n) is 6.10. The van der Waals surface area contributed by atoms with Crippen LogP contribution in [0.4, 0.5) is 0 Å². The van der Waals surface area contributed by atoms with Crippen molar-refractivity contribution in [3.63, 3.8) is 0 Å². The summed E-state index contributed by atoms with van der Waals surface area (Å²) in [5.74, 6) is 0.692. The molecule has 1 fully saturated rings. The summed E-state index contributed by atoms with van der Waals surface area (Å²) in [7, 11) is 1.68. The van der Waals surface area contributed by atoms with Crippen molar-refractivity contribution in [2.75, 3.05) is 20.3 Å². The van der Waals surface area contributed by atoms with E-state index in [0.717, 1.165) is 27.3 Å². The van der Waals surface area contributed by atoms with Crippen LogP contribution >= 0.6 is 34.5 Å². The molecule has 0 radical (unpaired) electrons. The Bertz CT molecular complexity index is 1170. The fourth-order valence-corrected chi connectivity index (χ4v) is 5.38. The van der Waals surface area contributed by atoms with Crippen LogP contribution in [0, 0.1) is 0 Å². The number of rotatable bonds is 7. The van der Waals surface area contributed by atoms with Gasteiger partial charge in [-0.05, 0) is 48.9 Å². The number of ether oxygens (including phenoxy) is 1. The predicted molar refractivity (Wildman–Crippen MR) is 140 cm³/mol. The molecule has 1 saturated carbocycles. The van der Waals surface area contributed by atoms with Gasteiger partial charge in [-0.2, -0.15) is 5.10 Å². The predicted octanol–water partition coefficient (Wildman–Crippen LogP) is 7.39. The molecule has 1 aliphatic rings. The van der Waals surface area contributed by atoms with Crippen LogP contribution in [0.2, 0.25) is 10.0 Å². The van der Waals surface area contributed by atoms with Gasteiger partial charge < -0.3 is 4.74 Å². The fraction of sp³-hybridized carbons (Fsp3) is 0.385. The van der Waals surface area contributed by atoms with Crippen molar-refractivity contribution in [1.82, 2.24) is 4.68 Å². The molecule has 174 valence electrons. The van der Waals surface area contributed by atoms with Crippen LogP contribution in [-0.4, -0.2) is 30.6 Å². The van der Waals surface area contributed by atoms with Crippen LogP contribution < -0.4 is 4.80 Å². The number of methoxy groups -OCH3 is 1. The van der Waals surface area contributed by atoms with Gasteiger partial charge in [0.15, 0.2) is 0 Å². The normalized spacial score (nSPS) is 15.9. The van der Waals surface area contributed by atoms with E-state index in [4.69, 9.17) is 38.0 Å². The highest BCUT2D eigenvalue weighted by Crippen LogP contribution is 2.33. The highest BCUT2D eigenvalue weighted by molar-refractivity contribution is 7.07. The maximum Gasteiger partial charge on any atom is 0.206 e. The van der Waals surface area contributed by atoms with Gasteiger partial charge in [-0.3, -0.25) is 4.99 Å². The third-order valence-corrected chi connectivity index (χ3v) is 7.69. The van der Waals surface area contributed by atoms with Gasteiger partial charge in [-0.25, -0.2) is 4.68 Å². The Labute approximate surface area is 209 Å². The van der Waals surface area contributed by atoms with Gasteiger partial charge in [0.25, 0.3) is 0 Å². The number of nitrogens with zero attached hydrogens (tertiary/aromatic N) is 3. The van der Waals surface area contributed by atoms with Crippen molar-refractivity contribution in [3.05, 3.63) is 73.8 Å². The lowest BCUT2D eigenvalue weighted by molar-refractivity contribution is 0.207. The van der Waals surface area contributed by atoms with Crippen molar-refractivity contribution < 1.29 is 4.74 Å². The monoisotopic (exact) mass is 501 g/mol. The zero-order chi connectivity index (χ0) is 23.2. The highest BCUT2D eigenvalue weighted by atomic mass is 35.5. The van der Waals surface area contributed by atoms with E-state index >= 15 is 0 Å². The van der Waals surface area contributed by atoms with Gasteiger partial charge in [0.05, 0.1) is 34.6 Å². The molecule has 7 heteroatoms. The first kappa shape index (κ1) is 24.2. The van der Waals surface area contributed by atoms with Crippen LogP contribution in [0.3, 0.4) is 0 Å². The van der Waals surface area contributed by atoms with E-state index in [1.165, 1.54) is 37.7 Å². The lowest BCUT2D eigenvalue weighted by Gasteiger charge is -2.22. The van der Waals surface area contributed by atoms with E-state index in [2.05, 4.69) is 29.6 Å². The summed E-state index contributed by atoms with van der Waals surface area (Å²) in [6.07, 6.45) is 6.65. The molecular weight excluding hydrogens is 473 g/mol. The molecular formula is C26H29Cl2N3OS. The molecule has 3 aromatic rings. The number of benzene rings is 2. The molecule has 0 bridgehead atoms. The largest absolute Gasteiger partial charge is 0.383 e. The Morgan fingerprint density at radius 1 is 1.06 bits per heavy atom. The van der Waals surface area contributed by atoms with E-state index in [1.807, 2.05) is 23.7 Å². The highest BCUT2D eigenvalue weighted by Gasteiger charge is 2.16. The summed E-state index contributed by atoms with van der Waals surface area (Å²) in [6, 6.07) is 14.6. The van der Waals surface area contributed by atoms with Gasteiger partial charge in [0.2, 0.25) is 4.80 Å². The molecule has 4 nitrogen and oxygen atoms in total. The van der Waals surface area contributed by atoms with Crippen LogP contribution in [0.5, 0.6) is 0 Å². The van der Waals surface area contributed by atoms with E-state index in [0.29, 0.717) is 29.1 Å². The maximum absolute atomic E-state index is 6.24. The van der Waals surface area contributed by atoms with Crippen molar-refractivity contribution in [3.8, 4) is 11.3 Å². The van der Waals surface area contributed by atoms with Crippen molar-refractivity contribution in [2.45, 2.75) is 44.9 Å². The van der Waals surface area contributed by atoms with E-state index in [1.54, 1.807) is 24.5 Å². The fourth-order valence-electron chi connectivity index (χ4n) is 4.23. The molecule has 1 aromatic heterocycles. The second-order valence-electron chi connectivity index (χ2n) is 8.36. The number of aromatic nitrogens is 1. The summed E-state index contributed by atoms with van der Waals surface area (Å²) < 4.78 is 7.10. The summed E-state index contributed by atoms with van der Waals surface area (Å²) in [5, 5.41) is 8.10. The molecule has 0 atom stereocenters. The molecule has 0 N–H and O–H groups in total. The van der Waals surface area contributed by atoms with E-state index in [9.17, 15) is 0 Å². The standard InChI is InChI=1S/C26H29Cl2N3OS/c1-18(22-12-13-23(27)24(28)16-22)30-31-25(17-33-26(31)29-14-15-32-2)21-10-8-20(9-11-21)19-6-4-3-5-7-19/h8-13,16-17,19H,3-7,14-15H2,1-2H3/b29-26?,30-18+. The van der Waals surface area contributed by atoms with Crippen molar-refractivity contribution in [1.29, 1.82) is 0 Å².